The molecule has 0 bridgehead atoms. The van der Waals surface area contributed by atoms with Crippen LogP contribution in [0.5, 0.6) is 0 Å². The summed E-state index contributed by atoms with van der Waals surface area (Å²) in [6, 6.07) is 5.77. The Labute approximate surface area is 109 Å². The Bertz CT molecular complexity index is 529. The highest BCUT2D eigenvalue weighted by Gasteiger charge is 2.22. The lowest BCUT2D eigenvalue weighted by Gasteiger charge is -2.31. The van der Waals surface area contributed by atoms with E-state index in [0.29, 0.717) is 25.2 Å². The summed E-state index contributed by atoms with van der Waals surface area (Å²) < 4.78 is 13.5. The van der Waals surface area contributed by atoms with E-state index in [2.05, 4.69) is 11.4 Å². The summed E-state index contributed by atoms with van der Waals surface area (Å²) in [4.78, 5) is 11.7. The Hall–Kier alpha value is -2.04. The summed E-state index contributed by atoms with van der Waals surface area (Å²) in [5.74, 6) is -0.842. The Kier molecular flexibility index (Phi) is 4.04. The second kappa shape index (κ2) is 5.73. The number of halogens is 1. The van der Waals surface area contributed by atoms with Crippen LogP contribution in [-0.4, -0.2) is 35.5 Å². The second-order valence-electron chi connectivity index (χ2n) is 4.36. The Morgan fingerprint density at radius 1 is 1.63 bits per heavy atom. The standard InChI is InChI=1S/C12H13FN4O2/c13-11-5-9(1-2-12(11)17(18)19)8-16-4-3-15-7-10(16)6-14/h1-2,5,10,15H,3-4,7-8H2. The summed E-state index contributed by atoms with van der Waals surface area (Å²) in [6.07, 6.45) is 0. The predicted molar refractivity (Wildman–Crippen MR) is 65.7 cm³/mol. The van der Waals surface area contributed by atoms with E-state index in [1.807, 2.05) is 4.90 Å². The Balaban J connectivity index is 2.13. The average molecular weight is 264 g/mol. The van der Waals surface area contributed by atoms with Crippen molar-refractivity contribution in [1.82, 2.24) is 10.2 Å². The van der Waals surface area contributed by atoms with Gasteiger partial charge in [0.1, 0.15) is 6.04 Å². The van der Waals surface area contributed by atoms with Crippen LogP contribution < -0.4 is 5.32 Å². The molecule has 0 saturated carbocycles. The predicted octanol–water partition coefficient (Wildman–Crippen LogP) is 1.03. The molecule has 2 rings (SSSR count). The van der Waals surface area contributed by atoms with Crippen LogP contribution >= 0.6 is 0 Å². The Morgan fingerprint density at radius 2 is 2.42 bits per heavy atom. The van der Waals surface area contributed by atoms with Gasteiger partial charge in [0.05, 0.1) is 11.0 Å². The number of nitrogens with zero attached hydrogens (tertiary/aromatic N) is 3. The molecule has 7 heteroatoms. The van der Waals surface area contributed by atoms with Gasteiger partial charge in [0.25, 0.3) is 0 Å². The fourth-order valence-corrected chi connectivity index (χ4v) is 2.09. The molecule has 0 spiro atoms. The number of hydrogen-bond acceptors (Lipinski definition) is 5. The minimum atomic E-state index is -0.842. The number of nitro benzene ring substituents is 1. The van der Waals surface area contributed by atoms with Gasteiger partial charge in [-0.25, -0.2) is 0 Å². The number of piperazine rings is 1. The lowest BCUT2D eigenvalue weighted by molar-refractivity contribution is -0.387. The van der Waals surface area contributed by atoms with Gasteiger partial charge in [0.2, 0.25) is 5.82 Å². The highest BCUT2D eigenvalue weighted by molar-refractivity contribution is 5.35. The molecule has 6 nitrogen and oxygen atoms in total. The number of nitriles is 1. The van der Waals surface area contributed by atoms with E-state index in [1.54, 1.807) is 0 Å². The molecule has 1 aromatic rings. The van der Waals surface area contributed by atoms with E-state index in [9.17, 15) is 14.5 Å². The smallest absolute Gasteiger partial charge is 0.304 e. The molecule has 0 radical (unpaired) electrons. The number of hydrogen-bond donors (Lipinski definition) is 1. The Morgan fingerprint density at radius 3 is 3.05 bits per heavy atom. The van der Waals surface area contributed by atoms with Crippen LogP contribution in [0.1, 0.15) is 5.56 Å². The first kappa shape index (κ1) is 13.4. The van der Waals surface area contributed by atoms with Gasteiger partial charge < -0.3 is 5.32 Å². The van der Waals surface area contributed by atoms with Gasteiger partial charge in [-0.2, -0.15) is 9.65 Å². The minimum Gasteiger partial charge on any atom is -0.313 e. The van der Waals surface area contributed by atoms with Gasteiger partial charge in [0, 0.05) is 32.2 Å². The van der Waals surface area contributed by atoms with Crippen molar-refractivity contribution in [3.8, 4) is 6.07 Å². The maximum Gasteiger partial charge on any atom is 0.304 e. The van der Waals surface area contributed by atoms with Crippen molar-refractivity contribution in [1.29, 1.82) is 5.26 Å². The minimum absolute atomic E-state index is 0.257. The van der Waals surface area contributed by atoms with Gasteiger partial charge in [-0.15, -0.1) is 0 Å². The van der Waals surface area contributed by atoms with E-state index in [1.165, 1.54) is 6.07 Å². The molecule has 1 aliphatic heterocycles. The van der Waals surface area contributed by atoms with Crippen LogP contribution in [0.15, 0.2) is 18.2 Å². The first-order valence-electron chi connectivity index (χ1n) is 5.89. The van der Waals surface area contributed by atoms with Crippen LogP contribution in [-0.2, 0) is 6.54 Å². The first-order valence-corrected chi connectivity index (χ1v) is 5.89. The third-order valence-corrected chi connectivity index (χ3v) is 3.10. The van der Waals surface area contributed by atoms with E-state index >= 15 is 0 Å². The third kappa shape index (κ3) is 3.05. The molecular weight excluding hydrogens is 251 g/mol. The maximum absolute atomic E-state index is 13.5. The van der Waals surface area contributed by atoms with Crippen LogP contribution in [0.4, 0.5) is 10.1 Å². The summed E-state index contributed by atoms with van der Waals surface area (Å²) in [7, 11) is 0. The highest BCUT2D eigenvalue weighted by Crippen LogP contribution is 2.19. The van der Waals surface area contributed by atoms with Gasteiger partial charge in [-0.05, 0) is 11.6 Å². The molecule has 1 unspecified atom stereocenters. The van der Waals surface area contributed by atoms with Crippen molar-refractivity contribution in [2.24, 2.45) is 0 Å². The molecule has 1 atom stereocenters. The molecule has 1 heterocycles. The number of benzene rings is 1. The molecule has 1 aliphatic rings. The van der Waals surface area contributed by atoms with Crippen LogP contribution in [0, 0.1) is 27.3 Å². The number of rotatable bonds is 3. The number of nitro groups is 1. The van der Waals surface area contributed by atoms with Gasteiger partial charge >= 0.3 is 5.69 Å². The highest BCUT2D eigenvalue weighted by atomic mass is 19.1. The molecule has 1 aromatic carbocycles. The quantitative estimate of drug-likeness (QED) is 0.651. The summed E-state index contributed by atoms with van der Waals surface area (Å²) in [5, 5.41) is 22.7. The van der Waals surface area contributed by atoms with Crippen molar-refractivity contribution in [2.75, 3.05) is 19.6 Å². The summed E-state index contributed by atoms with van der Waals surface area (Å²) in [6.45, 7) is 2.45. The van der Waals surface area contributed by atoms with Crippen molar-refractivity contribution >= 4 is 5.69 Å². The average Bonchev–Trinajstić information content (AvgIpc) is 2.39. The van der Waals surface area contributed by atoms with Crippen molar-refractivity contribution in [2.45, 2.75) is 12.6 Å². The lowest BCUT2D eigenvalue weighted by Crippen LogP contribution is -2.49. The van der Waals surface area contributed by atoms with Crippen LogP contribution in [0.3, 0.4) is 0 Å². The largest absolute Gasteiger partial charge is 0.313 e. The molecular formula is C12H13FN4O2. The molecule has 100 valence electrons. The maximum atomic E-state index is 13.5. The molecule has 1 fully saturated rings. The summed E-state index contributed by atoms with van der Waals surface area (Å²) in [5.41, 5.74) is 0.103. The van der Waals surface area contributed by atoms with Gasteiger partial charge in [-0.3, -0.25) is 15.0 Å². The zero-order chi connectivity index (χ0) is 13.8. The lowest BCUT2D eigenvalue weighted by atomic mass is 10.1. The molecule has 19 heavy (non-hydrogen) atoms. The third-order valence-electron chi connectivity index (χ3n) is 3.10. The van der Waals surface area contributed by atoms with E-state index in [4.69, 9.17) is 5.26 Å². The van der Waals surface area contributed by atoms with Crippen molar-refractivity contribution in [3.63, 3.8) is 0 Å². The topological polar surface area (TPSA) is 82.2 Å². The molecule has 0 aromatic heterocycles. The molecule has 0 aliphatic carbocycles. The monoisotopic (exact) mass is 264 g/mol. The molecule has 1 saturated heterocycles. The molecule has 0 amide bonds. The van der Waals surface area contributed by atoms with Gasteiger partial charge in [0.15, 0.2) is 0 Å². The zero-order valence-electron chi connectivity index (χ0n) is 10.2. The fraction of sp³-hybridized carbons (Fsp3) is 0.417. The first-order chi connectivity index (χ1) is 9.11. The summed E-state index contributed by atoms with van der Waals surface area (Å²) >= 11 is 0. The number of nitrogens with one attached hydrogen (secondary N) is 1. The van der Waals surface area contributed by atoms with Crippen LogP contribution in [0.2, 0.25) is 0 Å². The van der Waals surface area contributed by atoms with E-state index < -0.39 is 16.4 Å². The normalized spacial score (nSPS) is 19.9. The molecule has 1 N–H and O–H groups in total. The van der Waals surface area contributed by atoms with E-state index in [0.717, 1.165) is 18.7 Å². The van der Waals surface area contributed by atoms with Gasteiger partial charge in [-0.1, -0.05) is 6.07 Å². The van der Waals surface area contributed by atoms with E-state index in [-0.39, 0.29) is 6.04 Å². The van der Waals surface area contributed by atoms with Crippen LogP contribution in [0.25, 0.3) is 0 Å². The zero-order valence-corrected chi connectivity index (χ0v) is 10.2. The van der Waals surface area contributed by atoms with Crippen molar-refractivity contribution < 1.29 is 9.31 Å². The fourth-order valence-electron chi connectivity index (χ4n) is 2.09. The second-order valence-corrected chi connectivity index (χ2v) is 4.36. The van der Waals surface area contributed by atoms with Crippen molar-refractivity contribution in [3.05, 3.63) is 39.7 Å². The SMILES string of the molecule is N#CC1CNCCN1Cc1ccc([N+](=O)[O-])c(F)c1.